The van der Waals surface area contributed by atoms with Crippen molar-refractivity contribution in [3.05, 3.63) is 69.8 Å². The molecule has 156 valence electrons. The minimum absolute atomic E-state index is 0.189. The maximum Gasteiger partial charge on any atom is 0.282 e. The van der Waals surface area contributed by atoms with E-state index in [0.717, 1.165) is 25.9 Å². The molecule has 4 rings (SSSR count). The van der Waals surface area contributed by atoms with Crippen LogP contribution >= 0.6 is 23.2 Å². The molecule has 1 fully saturated rings. The fraction of sp³-hybridized carbons (Fsp3) is 0.304. The summed E-state index contributed by atoms with van der Waals surface area (Å²) in [6.45, 7) is 1.91. The van der Waals surface area contributed by atoms with Crippen molar-refractivity contribution >= 4 is 46.3 Å². The van der Waals surface area contributed by atoms with Crippen molar-refractivity contribution < 1.29 is 9.59 Å². The van der Waals surface area contributed by atoms with Crippen molar-refractivity contribution in [1.82, 2.24) is 9.80 Å². The van der Waals surface area contributed by atoms with Crippen LogP contribution < -0.4 is 4.90 Å². The van der Waals surface area contributed by atoms with Crippen molar-refractivity contribution in [1.29, 1.82) is 0 Å². The summed E-state index contributed by atoms with van der Waals surface area (Å²) in [7, 11) is 4.01. The predicted octanol–water partition coefficient (Wildman–Crippen LogP) is 4.30. The number of nitrogens with zero attached hydrogens (tertiary/aromatic N) is 3. The molecule has 0 atom stereocenters. The highest BCUT2D eigenvalue weighted by atomic mass is 35.5. The van der Waals surface area contributed by atoms with Crippen LogP contribution in [0.25, 0.3) is 5.57 Å². The lowest BCUT2D eigenvalue weighted by Crippen LogP contribution is -2.43. The summed E-state index contributed by atoms with van der Waals surface area (Å²) >= 11 is 12.2. The summed E-state index contributed by atoms with van der Waals surface area (Å²) in [6, 6.07) is 14.0. The summed E-state index contributed by atoms with van der Waals surface area (Å²) in [4.78, 5) is 32.5. The Morgan fingerprint density at radius 1 is 0.933 bits per heavy atom. The van der Waals surface area contributed by atoms with Gasteiger partial charge in [0.1, 0.15) is 5.70 Å². The van der Waals surface area contributed by atoms with Gasteiger partial charge in [0.15, 0.2) is 0 Å². The summed E-state index contributed by atoms with van der Waals surface area (Å²) in [6.07, 6.45) is 1.87. The predicted molar refractivity (Wildman–Crippen MR) is 121 cm³/mol. The minimum atomic E-state index is -0.348. The molecular formula is C23H23Cl2N3O2. The fourth-order valence-electron chi connectivity index (χ4n) is 4.14. The number of anilines is 1. The molecular weight excluding hydrogens is 421 g/mol. The van der Waals surface area contributed by atoms with E-state index in [2.05, 4.69) is 11.9 Å². The molecule has 0 spiro atoms. The van der Waals surface area contributed by atoms with Gasteiger partial charge in [-0.15, -0.1) is 0 Å². The van der Waals surface area contributed by atoms with Gasteiger partial charge in [-0.25, -0.2) is 4.90 Å². The summed E-state index contributed by atoms with van der Waals surface area (Å²) in [5.74, 6) is -0.673. The van der Waals surface area contributed by atoms with Crippen LogP contribution in [0.5, 0.6) is 0 Å². The standard InChI is InChI=1S/C23H23Cl2N3O2/c1-26-12-10-18(11-13-26)27(2)21-20(15-6-8-16(24)9-7-15)22(29)28(23(21)30)19-5-3-4-17(25)14-19/h3-9,14,18H,10-13H2,1-2H3. The van der Waals surface area contributed by atoms with Gasteiger partial charge in [0.05, 0.1) is 11.3 Å². The van der Waals surface area contributed by atoms with Gasteiger partial charge in [0.2, 0.25) is 0 Å². The first kappa shape index (κ1) is 20.9. The second-order valence-corrected chi connectivity index (χ2v) is 8.67. The number of imide groups is 1. The number of hydrogen-bond donors (Lipinski definition) is 0. The number of likely N-dealkylation sites (N-methyl/N-ethyl adjacent to an activating group) is 1. The SMILES string of the molecule is CN1CCC(N(C)C2=C(c3ccc(Cl)cc3)C(=O)N(c3cccc(Cl)c3)C2=O)CC1. The lowest BCUT2D eigenvalue weighted by molar-refractivity contribution is -0.120. The maximum absolute atomic E-state index is 13.6. The molecule has 0 radical (unpaired) electrons. The largest absolute Gasteiger partial charge is 0.366 e. The first-order valence-electron chi connectivity index (χ1n) is 9.92. The number of amides is 2. The van der Waals surface area contributed by atoms with Gasteiger partial charge < -0.3 is 9.80 Å². The first-order chi connectivity index (χ1) is 14.4. The molecule has 0 saturated carbocycles. The topological polar surface area (TPSA) is 43.9 Å². The molecule has 2 heterocycles. The summed E-state index contributed by atoms with van der Waals surface area (Å²) < 4.78 is 0. The van der Waals surface area contributed by atoms with Gasteiger partial charge in [0.25, 0.3) is 11.8 Å². The van der Waals surface area contributed by atoms with Crippen molar-refractivity contribution in [2.75, 3.05) is 32.1 Å². The number of piperidine rings is 1. The lowest BCUT2D eigenvalue weighted by Gasteiger charge is -2.36. The van der Waals surface area contributed by atoms with E-state index < -0.39 is 0 Å². The zero-order chi connectivity index (χ0) is 21.4. The Balaban J connectivity index is 1.79. The number of carbonyl (C=O) groups excluding carboxylic acids is 2. The molecule has 0 unspecified atom stereocenters. The highest BCUT2D eigenvalue weighted by Gasteiger charge is 2.43. The van der Waals surface area contributed by atoms with Gasteiger partial charge in [-0.05, 0) is 68.9 Å². The number of halogens is 2. The zero-order valence-electron chi connectivity index (χ0n) is 16.9. The Labute approximate surface area is 186 Å². The number of rotatable bonds is 4. The van der Waals surface area contributed by atoms with E-state index in [-0.39, 0.29) is 17.9 Å². The maximum atomic E-state index is 13.6. The van der Waals surface area contributed by atoms with Crippen molar-refractivity contribution in [3.63, 3.8) is 0 Å². The molecule has 0 bridgehead atoms. The third kappa shape index (κ3) is 3.85. The molecule has 7 heteroatoms. The Bertz CT molecular complexity index is 1010. The van der Waals surface area contributed by atoms with Gasteiger partial charge in [-0.2, -0.15) is 0 Å². The molecule has 0 N–H and O–H groups in total. The number of likely N-dealkylation sites (tertiary alicyclic amines) is 1. The molecule has 0 aromatic heterocycles. The second-order valence-electron chi connectivity index (χ2n) is 7.80. The molecule has 2 aliphatic heterocycles. The Kier molecular flexibility index (Phi) is 5.87. The van der Waals surface area contributed by atoms with Crippen molar-refractivity contribution in [2.45, 2.75) is 18.9 Å². The summed E-state index contributed by atoms with van der Waals surface area (Å²) in [5, 5.41) is 1.05. The number of hydrogen-bond acceptors (Lipinski definition) is 4. The van der Waals surface area contributed by atoms with E-state index in [1.807, 2.05) is 11.9 Å². The lowest BCUT2D eigenvalue weighted by atomic mass is 10.0. The van der Waals surface area contributed by atoms with Crippen LogP contribution in [0, 0.1) is 0 Å². The van der Waals surface area contributed by atoms with Crippen LogP contribution in [0.1, 0.15) is 18.4 Å². The highest BCUT2D eigenvalue weighted by molar-refractivity contribution is 6.45. The van der Waals surface area contributed by atoms with E-state index in [4.69, 9.17) is 23.2 Å². The third-order valence-corrected chi connectivity index (χ3v) is 6.33. The van der Waals surface area contributed by atoms with Crippen LogP contribution in [-0.4, -0.2) is 54.8 Å². The van der Waals surface area contributed by atoms with Crippen molar-refractivity contribution in [3.8, 4) is 0 Å². The van der Waals surface area contributed by atoms with Crippen LogP contribution in [0.15, 0.2) is 54.2 Å². The zero-order valence-corrected chi connectivity index (χ0v) is 18.5. The van der Waals surface area contributed by atoms with Gasteiger partial charge in [-0.3, -0.25) is 9.59 Å². The molecule has 2 aromatic carbocycles. The first-order valence-corrected chi connectivity index (χ1v) is 10.7. The van der Waals surface area contributed by atoms with Crippen LogP contribution in [-0.2, 0) is 9.59 Å². The normalized spacial score (nSPS) is 18.5. The molecule has 0 aliphatic carbocycles. The Morgan fingerprint density at radius 3 is 2.23 bits per heavy atom. The number of carbonyl (C=O) groups is 2. The van der Waals surface area contributed by atoms with Gasteiger partial charge >= 0.3 is 0 Å². The molecule has 2 aromatic rings. The van der Waals surface area contributed by atoms with Crippen LogP contribution in [0.3, 0.4) is 0 Å². The molecule has 1 saturated heterocycles. The minimum Gasteiger partial charge on any atom is -0.366 e. The molecule has 2 aliphatic rings. The average molecular weight is 444 g/mol. The van der Waals surface area contributed by atoms with Crippen LogP contribution in [0.4, 0.5) is 5.69 Å². The molecule has 30 heavy (non-hydrogen) atoms. The van der Waals surface area contributed by atoms with Crippen molar-refractivity contribution in [2.24, 2.45) is 0 Å². The van der Waals surface area contributed by atoms with E-state index in [9.17, 15) is 9.59 Å². The van der Waals surface area contributed by atoms with Gasteiger partial charge in [0, 0.05) is 23.1 Å². The number of benzene rings is 2. The van der Waals surface area contributed by atoms with E-state index in [0.29, 0.717) is 32.6 Å². The quantitative estimate of drug-likeness (QED) is 0.660. The summed E-state index contributed by atoms with van der Waals surface area (Å²) in [5.41, 5.74) is 1.97. The second kappa shape index (κ2) is 8.42. The smallest absolute Gasteiger partial charge is 0.282 e. The third-order valence-electron chi connectivity index (χ3n) is 5.85. The monoisotopic (exact) mass is 443 g/mol. The van der Waals surface area contributed by atoms with Gasteiger partial charge in [-0.1, -0.05) is 41.4 Å². The highest BCUT2D eigenvalue weighted by Crippen LogP contribution is 2.37. The average Bonchev–Trinajstić information content (AvgIpc) is 2.99. The van der Waals surface area contributed by atoms with E-state index in [1.54, 1.807) is 48.5 Å². The Morgan fingerprint density at radius 2 is 1.60 bits per heavy atom. The molecule has 5 nitrogen and oxygen atoms in total. The Hall–Kier alpha value is -2.34. The van der Waals surface area contributed by atoms with Crippen LogP contribution in [0.2, 0.25) is 10.0 Å². The fourth-order valence-corrected chi connectivity index (χ4v) is 4.45. The van der Waals surface area contributed by atoms with E-state index >= 15 is 0 Å². The van der Waals surface area contributed by atoms with E-state index in [1.165, 1.54) is 4.90 Å². The molecule has 2 amide bonds.